The maximum Gasteiger partial charge on any atom is 0.0154 e. The molecule has 1 aliphatic heterocycles. The highest BCUT2D eigenvalue weighted by atomic mass is 15.3. The zero-order valence-corrected chi connectivity index (χ0v) is 21.2. The molecule has 166 valence electrons. The van der Waals surface area contributed by atoms with Crippen molar-refractivity contribution in [2.24, 2.45) is 5.41 Å². The van der Waals surface area contributed by atoms with Crippen molar-refractivity contribution in [1.29, 1.82) is 0 Å². The number of piperazine rings is 1. The lowest BCUT2D eigenvalue weighted by atomic mass is 9.76. The highest BCUT2D eigenvalue weighted by Crippen LogP contribution is 2.34. The Morgan fingerprint density at radius 3 is 1.59 bits per heavy atom. The summed E-state index contributed by atoms with van der Waals surface area (Å²) in [6.45, 7) is 28.4. The monoisotopic (exact) mass is 400 g/mol. The van der Waals surface area contributed by atoms with Gasteiger partial charge in [-0.1, -0.05) is 58.9 Å². The molecule has 2 heteroatoms. The van der Waals surface area contributed by atoms with Gasteiger partial charge in [0.25, 0.3) is 0 Å². The summed E-state index contributed by atoms with van der Waals surface area (Å²) < 4.78 is 0. The molecule has 1 saturated heterocycles. The Balaban J connectivity index is 1.95. The molecule has 0 amide bonds. The molecule has 0 aliphatic carbocycles. The van der Waals surface area contributed by atoms with Gasteiger partial charge in [0, 0.05) is 37.3 Å². The molecular formula is C27H48N2. The van der Waals surface area contributed by atoms with Crippen LogP contribution in [0.2, 0.25) is 0 Å². The van der Waals surface area contributed by atoms with Crippen LogP contribution >= 0.6 is 0 Å². The molecule has 29 heavy (non-hydrogen) atoms. The zero-order valence-electron chi connectivity index (χ0n) is 21.2. The largest absolute Gasteiger partial charge is 0.296 e. The topological polar surface area (TPSA) is 6.48 Å². The fraction of sp³-hybridized carbons (Fsp3) is 0.778. The Kier molecular flexibility index (Phi) is 7.33. The minimum atomic E-state index is 0.213. The van der Waals surface area contributed by atoms with Crippen molar-refractivity contribution in [3.8, 4) is 0 Å². The van der Waals surface area contributed by atoms with Gasteiger partial charge in [0.2, 0.25) is 0 Å². The molecule has 0 unspecified atom stereocenters. The first-order valence-electron chi connectivity index (χ1n) is 11.7. The molecule has 1 aliphatic rings. The van der Waals surface area contributed by atoms with E-state index in [4.69, 9.17) is 0 Å². The predicted molar refractivity (Wildman–Crippen MR) is 129 cm³/mol. The van der Waals surface area contributed by atoms with Crippen molar-refractivity contribution >= 4 is 0 Å². The number of benzene rings is 1. The first kappa shape index (κ1) is 24.4. The Labute approximate surface area is 182 Å². The number of hydrogen-bond donors (Lipinski definition) is 0. The van der Waals surface area contributed by atoms with Crippen LogP contribution in [-0.4, -0.2) is 47.1 Å². The fourth-order valence-electron chi connectivity index (χ4n) is 4.59. The Morgan fingerprint density at radius 1 is 0.655 bits per heavy atom. The summed E-state index contributed by atoms with van der Waals surface area (Å²) in [4.78, 5) is 5.35. The quantitative estimate of drug-likeness (QED) is 0.536. The van der Waals surface area contributed by atoms with E-state index in [0.29, 0.717) is 5.41 Å². The molecule has 0 aromatic heterocycles. The van der Waals surface area contributed by atoms with Crippen LogP contribution in [0.5, 0.6) is 0 Å². The molecule has 1 fully saturated rings. The van der Waals surface area contributed by atoms with Crippen LogP contribution < -0.4 is 0 Å². The summed E-state index contributed by atoms with van der Waals surface area (Å²) in [6, 6.07) is 9.44. The summed E-state index contributed by atoms with van der Waals surface area (Å²) in [7, 11) is 0. The SMILES string of the molecule is CC(C)(C)Cc1ccc(C(C)(C)CCC(C)(C)N2CCN(C(C)(C)C)CC2)cc1. The second kappa shape index (κ2) is 8.71. The molecule has 0 radical (unpaired) electrons. The predicted octanol–water partition coefficient (Wildman–Crippen LogP) is 6.53. The first-order chi connectivity index (χ1) is 13.1. The molecule has 0 bridgehead atoms. The van der Waals surface area contributed by atoms with E-state index in [-0.39, 0.29) is 16.5 Å². The summed E-state index contributed by atoms with van der Waals surface area (Å²) in [5.74, 6) is 0. The molecule has 0 atom stereocenters. The third kappa shape index (κ3) is 7.10. The third-order valence-corrected chi connectivity index (χ3v) is 6.92. The van der Waals surface area contributed by atoms with Crippen LogP contribution in [0.25, 0.3) is 0 Å². The highest BCUT2D eigenvalue weighted by molar-refractivity contribution is 5.28. The lowest BCUT2D eigenvalue weighted by molar-refractivity contribution is 0.00901. The van der Waals surface area contributed by atoms with Gasteiger partial charge in [0.05, 0.1) is 0 Å². The van der Waals surface area contributed by atoms with E-state index >= 15 is 0 Å². The molecule has 2 nitrogen and oxygen atoms in total. The van der Waals surface area contributed by atoms with E-state index in [0.717, 1.165) is 6.42 Å². The molecule has 1 aromatic carbocycles. The third-order valence-electron chi connectivity index (χ3n) is 6.92. The normalized spacial score (nSPS) is 18.3. The Hall–Kier alpha value is -0.860. The molecule has 0 N–H and O–H groups in total. The van der Waals surface area contributed by atoms with E-state index in [9.17, 15) is 0 Å². The van der Waals surface area contributed by atoms with E-state index in [1.54, 1.807) is 0 Å². The maximum atomic E-state index is 2.72. The molecule has 1 heterocycles. The van der Waals surface area contributed by atoms with Crippen molar-refractivity contribution in [2.75, 3.05) is 26.2 Å². The van der Waals surface area contributed by atoms with Crippen molar-refractivity contribution in [2.45, 2.75) is 105 Å². The van der Waals surface area contributed by atoms with Crippen molar-refractivity contribution < 1.29 is 0 Å². The van der Waals surface area contributed by atoms with Crippen LogP contribution in [0.4, 0.5) is 0 Å². The van der Waals surface area contributed by atoms with Gasteiger partial charge in [-0.25, -0.2) is 0 Å². The Morgan fingerprint density at radius 2 is 1.14 bits per heavy atom. The van der Waals surface area contributed by atoms with Crippen LogP contribution in [0.15, 0.2) is 24.3 Å². The summed E-state index contributed by atoms with van der Waals surface area (Å²) >= 11 is 0. The minimum Gasteiger partial charge on any atom is -0.296 e. The van der Waals surface area contributed by atoms with Crippen molar-refractivity contribution in [1.82, 2.24) is 9.80 Å². The molecule has 2 rings (SSSR count). The maximum absolute atomic E-state index is 2.72. The summed E-state index contributed by atoms with van der Waals surface area (Å²) in [6.07, 6.45) is 3.60. The van der Waals surface area contributed by atoms with Crippen LogP contribution in [0.3, 0.4) is 0 Å². The van der Waals surface area contributed by atoms with Crippen molar-refractivity contribution in [3.63, 3.8) is 0 Å². The van der Waals surface area contributed by atoms with Gasteiger partial charge in [-0.2, -0.15) is 0 Å². The molecule has 0 spiro atoms. The molecule has 0 saturated carbocycles. The van der Waals surface area contributed by atoms with Gasteiger partial charge < -0.3 is 0 Å². The van der Waals surface area contributed by atoms with Crippen LogP contribution in [0, 0.1) is 5.41 Å². The van der Waals surface area contributed by atoms with Gasteiger partial charge in [-0.3, -0.25) is 9.80 Å². The van der Waals surface area contributed by atoms with Gasteiger partial charge in [-0.15, -0.1) is 0 Å². The average molecular weight is 401 g/mol. The van der Waals surface area contributed by atoms with Gasteiger partial charge in [0.1, 0.15) is 0 Å². The number of hydrogen-bond acceptors (Lipinski definition) is 2. The number of nitrogens with zero attached hydrogens (tertiary/aromatic N) is 2. The van der Waals surface area contributed by atoms with Crippen LogP contribution in [0.1, 0.15) is 93.2 Å². The van der Waals surface area contributed by atoms with Gasteiger partial charge >= 0.3 is 0 Å². The minimum absolute atomic E-state index is 0.213. The fourth-order valence-corrected chi connectivity index (χ4v) is 4.59. The van der Waals surface area contributed by atoms with Crippen LogP contribution in [-0.2, 0) is 11.8 Å². The second-order valence-corrected chi connectivity index (χ2v) is 12.8. The lowest BCUT2D eigenvalue weighted by Crippen LogP contribution is -2.58. The van der Waals surface area contributed by atoms with Gasteiger partial charge in [-0.05, 0) is 75.8 Å². The van der Waals surface area contributed by atoms with Crippen molar-refractivity contribution in [3.05, 3.63) is 35.4 Å². The van der Waals surface area contributed by atoms with E-state index < -0.39 is 0 Å². The average Bonchev–Trinajstić information content (AvgIpc) is 2.59. The van der Waals surface area contributed by atoms with Gasteiger partial charge in [0.15, 0.2) is 0 Å². The standard InChI is InChI=1S/C27H48N2/c1-24(2,3)21-22-11-13-23(14-12-22)26(7,8)15-16-27(9,10)29-19-17-28(18-20-29)25(4,5)6/h11-14H,15-21H2,1-10H3. The first-order valence-corrected chi connectivity index (χ1v) is 11.7. The summed E-state index contributed by atoms with van der Waals surface area (Å²) in [5, 5.41) is 0. The van der Waals surface area contributed by atoms with E-state index in [1.165, 1.54) is 50.1 Å². The Bertz CT molecular complexity index is 633. The smallest absolute Gasteiger partial charge is 0.0154 e. The second-order valence-electron chi connectivity index (χ2n) is 12.8. The lowest BCUT2D eigenvalue weighted by Gasteiger charge is -2.48. The highest BCUT2D eigenvalue weighted by Gasteiger charge is 2.34. The molecule has 1 aromatic rings. The van der Waals surface area contributed by atoms with E-state index in [2.05, 4.69) is 103 Å². The van der Waals surface area contributed by atoms with E-state index in [1.807, 2.05) is 0 Å². The summed E-state index contributed by atoms with van der Waals surface area (Å²) in [5.41, 5.74) is 4.03. The molecular weight excluding hydrogens is 352 g/mol. The number of rotatable bonds is 6. The zero-order chi connectivity index (χ0) is 22.1.